The first kappa shape index (κ1) is 8.69. The summed E-state index contributed by atoms with van der Waals surface area (Å²) in [6.07, 6.45) is 1.22. The molecular weight excluding hydrogens is 168 g/mol. The molecule has 1 atom stereocenters. The summed E-state index contributed by atoms with van der Waals surface area (Å²) in [6.45, 7) is 3.89. The lowest BCUT2D eigenvalue weighted by Gasteiger charge is -2.18. The Morgan fingerprint density at radius 1 is 1.54 bits per heavy atom. The summed E-state index contributed by atoms with van der Waals surface area (Å²) in [7, 11) is 0. The molecule has 0 aromatic carbocycles. The van der Waals surface area contributed by atoms with Crippen LogP contribution in [0.3, 0.4) is 0 Å². The number of likely N-dealkylation sites (tertiary alicyclic amines) is 1. The standard InChI is InChI=1S/C9H14N2O2/c1-2-11-7(12)5-9(8(11)13)3-4-10-6-9/h10H,2-6H2,1H3/t9-/m0/s1. The maximum atomic E-state index is 11.8. The molecule has 2 rings (SSSR count). The van der Waals surface area contributed by atoms with E-state index in [4.69, 9.17) is 0 Å². The molecule has 4 nitrogen and oxygen atoms in total. The topological polar surface area (TPSA) is 49.4 Å². The van der Waals surface area contributed by atoms with Crippen LogP contribution < -0.4 is 5.32 Å². The van der Waals surface area contributed by atoms with Crippen LogP contribution >= 0.6 is 0 Å². The highest BCUT2D eigenvalue weighted by molar-refractivity contribution is 6.06. The molecule has 0 aromatic heterocycles. The minimum atomic E-state index is -0.382. The van der Waals surface area contributed by atoms with E-state index in [1.807, 2.05) is 6.92 Å². The second-order valence-electron chi connectivity index (χ2n) is 3.83. The van der Waals surface area contributed by atoms with Crippen LogP contribution in [-0.2, 0) is 9.59 Å². The highest BCUT2D eigenvalue weighted by Gasteiger charge is 2.52. The maximum absolute atomic E-state index is 11.8. The van der Waals surface area contributed by atoms with Gasteiger partial charge in [-0.25, -0.2) is 0 Å². The molecule has 2 aliphatic rings. The van der Waals surface area contributed by atoms with E-state index < -0.39 is 0 Å². The first-order chi connectivity index (χ1) is 6.19. The van der Waals surface area contributed by atoms with Crippen LogP contribution in [0.15, 0.2) is 0 Å². The number of nitrogens with zero attached hydrogens (tertiary/aromatic N) is 1. The predicted octanol–water partition coefficient (Wildman–Crippen LogP) is -0.255. The van der Waals surface area contributed by atoms with Crippen molar-refractivity contribution >= 4 is 11.8 Å². The molecule has 72 valence electrons. The smallest absolute Gasteiger partial charge is 0.237 e. The van der Waals surface area contributed by atoms with Crippen molar-refractivity contribution in [1.82, 2.24) is 10.2 Å². The van der Waals surface area contributed by atoms with Gasteiger partial charge >= 0.3 is 0 Å². The monoisotopic (exact) mass is 182 g/mol. The summed E-state index contributed by atoms with van der Waals surface area (Å²) in [5.41, 5.74) is -0.382. The number of carbonyl (C=O) groups excluding carboxylic acids is 2. The Bertz CT molecular complexity index is 256. The van der Waals surface area contributed by atoms with Crippen molar-refractivity contribution in [3.05, 3.63) is 0 Å². The summed E-state index contributed by atoms with van der Waals surface area (Å²) >= 11 is 0. The molecule has 2 heterocycles. The van der Waals surface area contributed by atoms with Crippen molar-refractivity contribution in [2.45, 2.75) is 19.8 Å². The van der Waals surface area contributed by atoms with E-state index in [1.165, 1.54) is 4.90 Å². The van der Waals surface area contributed by atoms with E-state index in [2.05, 4.69) is 5.32 Å². The molecule has 2 amide bonds. The number of carbonyl (C=O) groups is 2. The van der Waals surface area contributed by atoms with Gasteiger partial charge in [-0.3, -0.25) is 14.5 Å². The van der Waals surface area contributed by atoms with Crippen molar-refractivity contribution in [3.8, 4) is 0 Å². The Kier molecular flexibility index (Phi) is 1.87. The molecule has 0 aliphatic carbocycles. The third-order valence-electron chi connectivity index (χ3n) is 3.05. The Morgan fingerprint density at radius 2 is 2.31 bits per heavy atom. The van der Waals surface area contributed by atoms with E-state index >= 15 is 0 Å². The zero-order valence-electron chi connectivity index (χ0n) is 7.80. The minimum Gasteiger partial charge on any atom is -0.316 e. The number of nitrogens with one attached hydrogen (secondary N) is 1. The van der Waals surface area contributed by atoms with Crippen LogP contribution in [0.1, 0.15) is 19.8 Å². The minimum absolute atomic E-state index is 0.00352. The number of rotatable bonds is 1. The first-order valence-electron chi connectivity index (χ1n) is 4.75. The van der Waals surface area contributed by atoms with Crippen LogP contribution in [0.2, 0.25) is 0 Å². The van der Waals surface area contributed by atoms with E-state index in [9.17, 15) is 9.59 Å². The zero-order valence-corrected chi connectivity index (χ0v) is 7.80. The molecule has 1 N–H and O–H groups in total. The van der Waals surface area contributed by atoms with Gasteiger partial charge in [-0.2, -0.15) is 0 Å². The number of hydrogen-bond donors (Lipinski definition) is 1. The van der Waals surface area contributed by atoms with Gasteiger partial charge in [0.25, 0.3) is 0 Å². The van der Waals surface area contributed by atoms with Gasteiger partial charge in [-0.1, -0.05) is 0 Å². The summed E-state index contributed by atoms with van der Waals surface area (Å²) in [5.74, 6) is 0.0289. The quantitative estimate of drug-likeness (QED) is 0.569. The Hall–Kier alpha value is -0.900. The van der Waals surface area contributed by atoms with Crippen LogP contribution in [0.25, 0.3) is 0 Å². The van der Waals surface area contributed by atoms with Crippen molar-refractivity contribution in [2.75, 3.05) is 19.6 Å². The van der Waals surface area contributed by atoms with Gasteiger partial charge in [0.05, 0.1) is 5.41 Å². The molecule has 0 radical (unpaired) electrons. The fourth-order valence-corrected chi connectivity index (χ4v) is 2.26. The fraction of sp³-hybridized carbons (Fsp3) is 0.778. The van der Waals surface area contributed by atoms with Gasteiger partial charge in [0.15, 0.2) is 0 Å². The Balaban J connectivity index is 2.25. The van der Waals surface area contributed by atoms with Gasteiger partial charge in [-0.05, 0) is 19.9 Å². The molecule has 0 unspecified atom stereocenters. The fourth-order valence-electron chi connectivity index (χ4n) is 2.26. The zero-order chi connectivity index (χ0) is 9.47. The second-order valence-corrected chi connectivity index (χ2v) is 3.83. The Labute approximate surface area is 77.3 Å². The van der Waals surface area contributed by atoms with Crippen LogP contribution in [-0.4, -0.2) is 36.3 Å². The van der Waals surface area contributed by atoms with E-state index in [0.717, 1.165) is 13.0 Å². The first-order valence-corrected chi connectivity index (χ1v) is 4.75. The summed E-state index contributed by atoms with van der Waals surface area (Å²) < 4.78 is 0. The van der Waals surface area contributed by atoms with Crippen molar-refractivity contribution in [1.29, 1.82) is 0 Å². The molecule has 0 saturated carbocycles. The lowest BCUT2D eigenvalue weighted by Crippen LogP contribution is -2.36. The predicted molar refractivity (Wildman–Crippen MR) is 46.9 cm³/mol. The molecule has 1 spiro atoms. The van der Waals surface area contributed by atoms with E-state index in [-0.39, 0.29) is 17.2 Å². The van der Waals surface area contributed by atoms with Crippen molar-refractivity contribution in [2.24, 2.45) is 5.41 Å². The average Bonchev–Trinajstić information content (AvgIpc) is 2.62. The molecule has 4 heteroatoms. The van der Waals surface area contributed by atoms with Crippen LogP contribution in [0.5, 0.6) is 0 Å². The molecule has 2 fully saturated rings. The molecule has 2 saturated heterocycles. The van der Waals surface area contributed by atoms with Crippen molar-refractivity contribution < 1.29 is 9.59 Å². The third kappa shape index (κ3) is 1.09. The number of imide groups is 1. The molecule has 13 heavy (non-hydrogen) atoms. The highest BCUT2D eigenvalue weighted by Crippen LogP contribution is 2.37. The maximum Gasteiger partial charge on any atom is 0.237 e. The van der Waals surface area contributed by atoms with E-state index in [0.29, 0.717) is 19.5 Å². The Morgan fingerprint density at radius 3 is 2.77 bits per heavy atom. The lowest BCUT2D eigenvalue weighted by atomic mass is 9.85. The second kappa shape index (κ2) is 2.80. The number of amides is 2. The summed E-state index contributed by atoms with van der Waals surface area (Å²) in [5, 5.41) is 3.15. The van der Waals surface area contributed by atoms with Gasteiger partial charge in [-0.15, -0.1) is 0 Å². The van der Waals surface area contributed by atoms with Crippen molar-refractivity contribution in [3.63, 3.8) is 0 Å². The van der Waals surface area contributed by atoms with Crippen LogP contribution in [0, 0.1) is 5.41 Å². The van der Waals surface area contributed by atoms with Crippen LogP contribution in [0.4, 0.5) is 0 Å². The average molecular weight is 182 g/mol. The lowest BCUT2D eigenvalue weighted by molar-refractivity contribution is -0.140. The normalized spacial score (nSPS) is 33.8. The molecule has 0 aromatic rings. The molecule has 2 aliphatic heterocycles. The SMILES string of the molecule is CCN1C(=O)C[C@]2(CCNC2)C1=O. The largest absolute Gasteiger partial charge is 0.316 e. The van der Waals surface area contributed by atoms with Gasteiger partial charge < -0.3 is 5.32 Å². The molecule has 0 bridgehead atoms. The van der Waals surface area contributed by atoms with Gasteiger partial charge in [0.1, 0.15) is 0 Å². The van der Waals surface area contributed by atoms with Gasteiger partial charge in [0.2, 0.25) is 11.8 Å². The number of hydrogen-bond acceptors (Lipinski definition) is 3. The van der Waals surface area contributed by atoms with Gasteiger partial charge in [0, 0.05) is 19.5 Å². The third-order valence-corrected chi connectivity index (χ3v) is 3.05. The van der Waals surface area contributed by atoms with E-state index in [1.54, 1.807) is 0 Å². The highest BCUT2D eigenvalue weighted by atomic mass is 16.2. The summed E-state index contributed by atoms with van der Waals surface area (Å²) in [6, 6.07) is 0. The molecular formula is C9H14N2O2. The summed E-state index contributed by atoms with van der Waals surface area (Å²) in [4.78, 5) is 24.7.